The van der Waals surface area contributed by atoms with Gasteiger partial charge in [0.15, 0.2) is 0 Å². The summed E-state index contributed by atoms with van der Waals surface area (Å²) in [4.78, 5) is 65.0. The van der Waals surface area contributed by atoms with Gasteiger partial charge in [-0.05, 0) is 49.4 Å². The first-order valence-electron chi connectivity index (χ1n) is 14.4. The van der Waals surface area contributed by atoms with Crippen LogP contribution in [0.25, 0.3) is 0 Å². The highest BCUT2D eigenvalue weighted by molar-refractivity contribution is 6.34. The highest BCUT2D eigenvalue weighted by Crippen LogP contribution is 2.25. The van der Waals surface area contributed by atoms with E-state index in [1.807, 2.05) is 44.2 Å². The molecule has 1 unspecified atom stereocenters. The van der Waals surface area contributed by atoms with Crippen LogP contribution in [0.4, 0.5) is 5.69 Å². The maximum Gasteiger partial charge on any atom is 0.310 e. The van der Waals surface area contributed by atoms with E-state index in [0.29, 0.717) is 31.5 Å². The lowest BCUT2D eigenvalue weighted by Crippen LogP contribution is -2.54. The molecular weight excluding hydrogens is 576 g/mol. The fourth-order valence-corrected chi connectivity index (χ4v) is 5.29. The molecular formula is C31H37ClN4O7. The molecule has 43 heavy (non-hydrogen) atoms. The number of likely N-dealkylation sites (tertiary alicyclic amines) is 1. The molecule has 2 fully saturated rings. The number of hydrogen-bond donors (Lipinski definition) is 3. The van der Waals surface area contributed by atoms with Crippen molar-refractivity contribution in [3.8, 4) is 0 Å². The van der Waals surface area contributed by atoms with Crippen LogP contribution < -0.4 is 16.0 Å². The summed E-state index contributed by atoms with van der Waals surface area (Å²) < 4.78 is 11.0. The number of rotatable bonds is 11. The number of ether oxygens (including phenoxy) is 2. The largest absolute Gasteiger partial charge is 0.433 e. The van der Waals surface area contributed by atoms with Gasteiger partial charge in [-0.2, -0.15) is 0 Å². The van der Waals surface area contributed by atoms with Gasteiger partial charge >= 0.3 is 5.97 Å². The number of anilines is 1. The van der Waals surface area contributed by atoms with Gasteiger partial charge in [0.05, 0.1) is 23.7 Å². The van der Waals surface area contributed by atoms with Crippen LogP contribution in [0, 0.1) is 5.92 Å². The molecule has 2 aromatic carbocycles. The number of benzene rings is 2. The van der Waals surface area contributed by atoms with Gasteiger partial charge in [0, 0.05) is 18.5 Å². The quantitative estimate of drug-likeness (QED) is 0.330. The minimum atomic E-state index is -0.942. The molecule has 3 N–H and O–H groups in total. The van der Waals surface area contributed by atoms with Crippen LogP contribution in [-0.2, 0) is 35.3 Å². The molecule has 0 aliphatic carbocycles. The first-order chi connectivity index (χ1) is 20.5. The van der Waals surface area contributed by atoms with E-state index in [2.05, 4.69) is 16.0 Å². The van der Waals surface area contributed by atoms with Gasteiger partial charge in [-0.15, -0.1) is 0 Å². The van der Waals surface area contributed by atoms with E-state index < -0.39 is 48.1 Å². The van der Waals surface area contributed by atoms with Gasteiger partial charge in [0.2, 0.25) is 24.0 Å². The second-order valence-electron chi connectivity index (χ2n) is 11.2. The van der Waals surface area contributed by atoms with E-state index in [4.69, 9.17) is 21.1 Å². The zero-order valence-corrected chi connectivity index (χ0v) is 25.2. The van der Waals surface area contributed by atoms with E-state index >= 15 is 0 Å². The molecule has 0 bridgehead atoms. The second-order valence-corrected chi connectivity index (χ2v) is 11.6. The van der Waals surface area contributed by atoms with E-state index in [1.54, 1.807) is 6.92 Å². The summed E-state index contributed by atoms with van der Waals surface area (Å²) in [6.07, 6.45) is 0.402. The molecule has 12 heteroatoms. The zero-order chi connectivity index (χ0) is 31.1. The smallest absolute Gasteiger partial charge is 0.310 e. The number of nitrogens with one attached hydrogen (secondary N) is 3. The third-order valence-electron chi connectivity index (χ3n) is 7.20. The summed E-state index contributed by atoms with van der Waals surface area (Å²) >= 11 is 6.30. The van der Waals surface area contributed by atoms with Gasteiger partial charge in [-0.25, -0.2) is 0 Å². The molecule has 230 valence electrons. The van der Waals surface area contributed by atoms with Crippen molar-refractivity contribution in [3.05, 3.63) is 64.7 Å². The number of esters is 1. The van der Waals surface area contributed by atoms with E-state index in [0.717, 1.165) is 5.56 Å². The number of carbonyl (C=O) groups excluding carboxylic acids is 5. The van der Waals surface area contributed by atoms with Crippen molar-refractivity contribution >= 4 is 46.9 Å². The Kier molecular flexibility index (Phi) is 10.8. The van der Waals surface area contributed by atoms with Crippen molar-refractivity contribution < 1.29 is 33.4 Å². The molecule has 0 spiro atoms. The Morgan fingerprint density at radius 3 is 2.53 bits per heavy atom. The summed E-state index contributed by atoms with van der Waals surface area (Å²) in [7, 11) is 0. The van der Waals surface area contributed by atoms with Crippen LogP contribution in [0.1, 0.15) is 62.4 Å². The Bertz CT molecular complexity index is 1350. The van der Waals surface area contributed by atoms with E-state index in [9.17, 15) is 24.0 Å². The molecule has 2 aliphatic heterocycles. The lowest BCUT2D eigenvalue weighted by atomic mass is 10.1. The predicted molar refractivity (Wildman–Crippen MR) is 159 cm³/mol. The van der Waals surface area contributed by atoms with Crippen LogP contribution in [0.15, 0.2) is 48.5 Å². The minimum Gasteiger partial charge on any atom is -0.433 e. The number of carbonyl (C=O) groups is 5. The predicted octanol–water partition coefficient (Wildman–Crippen LogP) is 3.41. The minimum absolute atomic E-state index is 0.0406. The third kappa shape index (κ3) is 8.55. The highest BCUT2D eigenvalue weighted by atomic mass is 35.5. The first-order valence-corrected chi connectivity index (χ1v) is 14.8. The average molecular weight is 613 g/mol. The topological polar surface area (TPSA) is 143 Å². The molecule has 2 heterocycles. The second kappa shape index (κ2) is 14.5. The maximum atomic E-state index is 13.3. The van der Waals surface area contributed by atoms with Crippen molar-refractivity contribution in [3.63, 3.8) is 0 Å². The summed E-state index contributed by atoms with van der Waals surface area (Å²) in [5.41, 5.74) is 1.50. The lowest BCUT2D eigenvalue weighted by molar-refractivity contribution is -0.168. The molecule has 11 nitrogen and oxygen atoms in total. The number of amides is 4. The van der Waals surface area contributed by atoms with Crippen molar-refractivity contribution in [2.75, 3.05) is 11.9 Å². The molecule has 4 amide bonds. The van der Waals surface area contributed by atoms with Gasteiger partial charge in [-0.3, -0.25) is 24.0 Å². The normalized spacial score (nSPS) is 20.4. The van der Waals surface area contributed by atoms with Crippen molar-refractivity contribution in [1.82, 2.24) is 15.5 Å². The first kappa shape index (κ1) is 32.0. The van der Waals surface area contributed by atoms with Gasteiger partial charge < -0.3 is 30.3 Å². The Morgan fingerprint density at radius 2 is 1.84 bits per heavy atom. The SMILES string of the molecule is CC(C)CC(=O)Nc1ccc(C(=O)N[C@@H](C)C(=O)N2CCC[C@H]2C(=O)N[C@H]2CC(=O)OC2OCc2ccccc2)cc1Cl. The molecule has 2 saturated heterocycles. The van der Waals surface area contributed by atoms with Crippen molar-refractivity contribution in [1.29, 1.82) is 0 Å². The highest BCUT2D eigenvalue weighted by Gasteiger charge is 2.41. The number of cyclic esters (lactones) is 1. The fourth-order valence-electron chi connectivity index (χ4n) is 5.06. The van der Waals surface area contributed by atoms with Crippen LogP contribution in [-0.4, -0.2) is 65.5 Å². The molecule has 2 aromatic rings. The standard InChI is InChI=1S/C31H37ClN4O7/c1-18(2)14-26(37)34-23-12-11-21(15-22(23)32)28(39)33-19(3)30(41)36-13-7-10-25(36)29(40)35-24-16-27(38)43-31(24)42-17-20-8-5-4-6-9-20/h4-6,8-9,11-12,15,18-19,24-25,31H,7,10,13-14,16-17H2,1-3H3,(H,33,39)(H,34,37)(H,35,40)/t19-,24-,25-,31?/m0/s1. The fraction of sp³-hybridized carbons (Fsp3) is 0.452. The van der Waals surface area contributed by atoms with Gasteiger partial charge in [0.25, 0.3) is 5.91 Å². The Balaban J connectivity index is 1.32. The third-order valence-corrected chi connectivity index (χ3v) is 7.52. The van der Waals surface area contributed by atoms with Crippen LogP contribution in [0.5, 0.6) is 0 Å². The summed E-state index contributed by atoms with van der Waals surface area (Å²) in [5.74, 6) is -1.83. The van der Waals surface area contributed by atoms with Gasteiger partial charge in [0.1, 0.15) is 18.1 Å². The summed E-state index contributed by atoms with van der Waals surface area (Å²) in [6.45, 7) is 5.96. The summed E-state index contributed by atoms with van der Waals surface area (Å²) in [5, 5.41) is 8.42. The molecule has 0 aromatic heterocycles. The van der Waals surface area contributed by atoms with Crippen molar-refractivity contribution in [2.45, 2.75) is 77.5 Å². The van der Waals surface area contributed by atoms with Crippen LogP contribution >= 0.6 is 11.6 Å². The number of halogens is 1. The van der Waals surface area contributed by atoms with E-state index in [1.165, 1.54) is 23.1 Å². The summed E-state index contributed by atoms with van der Waals surface area (Å²) in [6, 6.07) is 11.5. The molecule has 0 saturated carbocycles. The van der Waals surface area contributed by atoms with E-state index in [-0.39, 0.29) is 35.4 Å². The Labute approximate surface area is 255 Å². The zero-order valence-electron chi connectivity index (χ0n) is 24.4. The van der Waals surface area contributed by atoms with Crippen LogP contribution in [0.3, 0.4) is 0 Å². The monoisotopic (exact) mass is 612 g/mol. The van der Waals surface area contributed by atoms with Crippen LogP contribution in [0.2, 0.25) is 5.02 Å². The maximum absolute atomic E-state index is 13.3. The number of nitrogens with zero attached hydrogens (tertiary/aromatic N) is 1. The number of hydrogen-bond acceptors (Lipinski definition) is 7. The van der Waals surface area contributed by atoms with Crippen molar-refractivity contribution in [2.24, 2.45) is 5.92 Å². The van der Waals surface area contributed by atoms with Gasteiger partial charge in [-0.1, -0.05) is 55.8 Å². The Hall–Kier alpha value is -3.96. The molecule has 4 rings (SSSR count). The molecule has 4 atom stereocenters. The lowest BCUT2D eigenvalue weighted by Gasteiger charge is -2.28. The Morgan fingerprint density at radius 1 is 1.09 bits per heavy atom. The average Bonchev–Trinajstić information content (AvgIpc) is 3.59. The molecule has 0 radical (unpaired) electrons. The molecule has 2 aliphatic rings.